The zero-order valence-electron chi connectivity index (χ0n) is 9.47. The Labute approximate surface area is 114 Å². The average molecular weight is 306 g/mol. The second-order valence-electron chi connectivity index (χ2n) is 4.50. The van der Waals surface area contributed by atoms with Crippen LogP contribution in [0.2, 0.25) is 5.02 Å². The number of hydrazine groups is 1. The molecule has 0 unspecified atom stereocenters. The number of hydrogen-bond donors (Lipinski definition) is 1. The van der Waals surface area contributed by atoms with Gasteiger partial charge < -0.3 is 0 Å². The molecule has 98 valence electrons. The summed E-state index contributed by atoms with van der Waals surface area (Å²) in [4.78, 5) is 0. The molecular weight excluding hydrogens is 294 g/mol. The van der Waals surface area contributed by atoms with E-state index in [0.29, 0.717) is 16.5 Å². The lowest BCUT2D eigenvalue weighted by Gasteiger charge is -2.27. The summed E-state index contributed by atoms with van der Waals surface area (Å²) in [5.41, 5.74) is 0.374. The van der Waals surface area contributed by atoms with Gasteiger partial charge in [-0.25, -0.2) is 5.84 Å². The van der Waals surface area contributed by atoms with Crippen LogP contribution < -0.4 is 10.9 Å². The highest BCUT2D eigenvalue weighted by Crippen LogP contribution is 2.43. The summed E-state index contributed by atoms with van der Waals surface area (Å²) < 4.78 is 28.2. The van der Waals surface area contributed by atoms with Gasteiger partial charge in [-0.2, -0.15) is 8.42 Å². The van der Waals surface area contributed by atoms with Gasteiger partial charge in [0.05, 0.1) is 5.02 Å². The van der Waals surface area contributed by atoms with Gasteiger partial charge in [-0.1, -0.05) is 24.4 Å². The van der Waals surface area contributed by atoms with Gasteiger partial charge in [-0.05, 0) is 12.8 Å². The van der Waals surface area contributed by atoms with E-state index in [1.165, 1.54) is 5.01 Å². The third-order valence-corrected chi connectivity index (χ3v) is 6.53. The van der Waals surface area contributed by atoms with Gasteiger partial charge in [-0.3, -0.25) is 5.01 Å². The molecular formula is C10H12ClN3O2S2. The van der Waals surface area contributed by atoms with E-state index in [1.807, 2.05) is 0 Å². The zero-order valence-corrected chi connectivity index (χ0v) is 11.9. The highest BCUT2D eigenvalue weighted by atomic mass is 35.5. The van der Waals surface area contributed by atoms with Gasteiger partial charge in [0.2, 0.25) is 0 Å². The molecule has 1 aliphatic heterocycles. The van der Waals surface area contributed by atoms with Crippen molar-refractivity contribution in [1.82, 2.24) is 0 Å². The van der Waals surface area contributed by atoms with E-state index < -0.39 is 10.0 Å². The summed E-state index contributed by atoms with van der Waals surface area (Å²) in [6, 6.07) is 0. The minimum atomic E-state index is -3.64. The first kappa shape index (κ1) is 12.4. The van der Waals surface area contributed by atoms with Crippen LogP contribution in [0.25, 0.3) is 0 Å². The number of thiophene rings is 1. The summed E-state index contributed by atoms with van der Waals surface area (Å²) in [7, 11) is -3.64. The maximum absolute atomic E-state index is 12.1. The number of amidine groups is 1. The number of nitrogens with two attached hydrogens (primary N) is 1. The van der Waals surface area contributed by atoms with Crippen molar-refractivity contribution >= 4 is 44.5 Å². The molecule has 0 spiro atoms. The van der Waals surface area contributed by atoms with E-state index in [0.717, 1.165) is 37.0 Å². The number of sulfonamides is 1. The number of halogens is 1. The molecule has 2 heterocycles. The van der Waals surface area contributed by atoms with Crippen LogP contribution in [0.5, 0.6) is 0 Å². The molecule has 0 amide bonds. The van der Waals surface area contributed by atoms with Crippen molar-refractivity contribution in [2.24, 2.45) is 16.2 Å². The van der Waals surface area contributed by atoms with Crippen LogP contribution in [0.3, 0.4) is 0 Å². The third-order valence-electron chi connectivity index (χ3n) is 3.35. The maximum atomic E-state index is 12.1. The van der Waals surface area contributed by atoms with Gasteiger partial charge >= 0.3 is 0 Å². The topological polar surface area (TPSA) is 75.8 Å². The first-order valence-electron chi connectivity index (χ1n) is 5.67. The lowest BCUT2D eigenvalue weighted by molar-refractivity contribution is 0.596. The zero-order chi connectivity index (χ0) is 12.9. The highest BCUT2D eigenvalue weighted by Gasteiger charge is 2.37. The van der Waals surface area contributed by atoms with E-state index in [9.17, 15) is 8.42 Å². The summed E-state index contributed by atoms with van der Waals surface area (Å²) in [5.74, 6) is 6.55. The van der Waals surface area contributed by atoms with Crippen molar-refractivity contribution in [3.63, 3.8) is 0 Å². The van der Waals surface area contributed by atoms with Crippen molar-refractivity contribution in [2.45, 2.75) is 29.9 Å². The second-order valence-corrected chi connectivity index (χ2v) is 7.58. The summed E-state index contributed by atoms with van der Waals surface area (Å²) >= 11 is 7.08. The molecule has 8 heteroatoms. The monoisotopic (exact) mass is 305 g/mol. The molecule has 1 fully saturated rings. The number of hydrogen-bond acceptors (Lipinski definition) is 5. The third kappa shape index (κ3) is 1.77. The molecule has 2 aliphatic rings. The fraction of sp³-hybridized carbons (Fsp3) is 0.500. The van der Waals surface area contributed by atoms with Crippen LogP contribution in [0, 0.1) is 5.92 Å². The van der Waals surface area contributed by atoms with Crippen LogP contribution in [0.15, 0.2) is 14.0 Å². The molecule has 5 nitrogen and oxygen atoms in total. The molecule has 1 aromatic heterocycles. The quantitative estimate of drug-likeness (QED) is 0.808. The van der Waals surface area contributed by atoms with Gasteiger partial charge in [0, 0.05) is 11.3 Å². The first-order valence-corrected chi connectivity index (χ1v) is 8.37. The summed E-state index contributed by atoms with van der Waals surface area (Å²) in [5, 5.41) is 3.30. The largest absolute Gasteiger partial charge is 0.295 e. The fourth-order valence-electron chi connectivity index (χ4n) is 2.49. The predicted molar refractivity (Wildman–Crippen MR) is 72.6 cm³/mol. The predicted octanol–water partition coefficient (Wildman–Crippen LogP) is 2.37. The Morgan fingerprint density at radius 3 is 2.78 bits per heavy atom. The standard InChI is InChI=1S/C10H12ClN3O2S2/c11-7-5-17-10-8(7)14(12)9(13-18(10,15)16)6-3-1-2-4-6/h5-6H,1-4,12H2. The van der Waals surface area contributed by atoms with E-state index in [2.05, 4.69) is 4.40 Å². The minimum Gasteiger partial charge on any atom is -0.261 e. The summed E-state index contributed by atoms with van der Waals surface area (Å²) in [6.45, 7) is 0. The van der Waals surface area contributed by atoms with Crippen LogP contribution in [0.1, 0.15) is 25.7 Å². The van der Waals surface area contributed by atoms with E-state index in [-0.39, 0.29) is 10.1 Å². The van der Waals surface area contributed by atoms with Crippen molar-refractivity contribution in [3.05, 3.63) is 10.4 Å². The fourth-order valence-corrected chi connectivity index (χ4v) is 5.32. The number of rotatable bonds is 1. The van der Waals surface area contributed by atoms with Crippen molar-refractivity contribution in [1.29, 1.82) is 0 Å². The van der Waals surface area contributed by atoms with Gasteiger partial charge in [-0.15, -0.1) is 15.7 Å². The maximum Gasteiger partial charge on any atom is 0.295 e. The Kier molecular flexibility index (Phi) is 2.89. The van der Waals surface area contributed by atoms with E-state index in [1.54, 1.807) is 5.38 Å². The molecule has 0 radical (unpaired) electrons. The highest BCUT2D eigenvalue weighted by molar-refractivity contribution is 7.92. The van der Waals surface area contributed by atoms with E-state index in [4.69, 9.17) is 17.4 Å². The Balaban J connectivity index is 2.13. The Morgan fingerprint density at radius 2 is 2.11 bits per heavy atom. The Bertz CT molecular complexity index is 617. The number of nitrogens with zero attached hydrogens (tertiary/aromatic N) is 2. The summed E-state index contributed by atoms with van der Waals surface area (Å²) in [6.07, 6.45) is 4.03. The van der Waals surface area contributed by atoms with Gasteiger partial charge in [0.1, 0.15) is 11.5 Å². The average Bonchev–Trinajstić information content (AvgIpc) is 2.93. The first-order chi connectivity index (χ1) is 8.50. The van der Waals surface area contributed by atoms with Crippen molar-refractivity contribution < 1.29 is 8.42 Å². The van der Waals surface area contributed by atoms with E-state index >= 15 is 0 Å². The Hall–Kier alpha value is -0.630. The molecule has 18 heavy (non-hydrogen) atoms. The molecule has 0 bridgehead atoms. The van der Waals surface area contributed by atoms with Crippen LogP contribution in [-0.4, -0.2) is 14.3 Å². The lowest BCUT2D eigenvalue weighted by Crippen LogP contribution is -2.44. The molecule has 2 N–H and O–H groups in total. The molecule has 0 atom stereocenters. The SMILES string of the molecule is NN1C(C2CCCC2)=NS(=O)(=O)c2scc(Cl)c21. The normalized spacial score (nSPS) is 23.0. The molecule has 1 aliphatic carbocycles. The molecule has 1 saturated carbocycles. The minimum absolute atomic E-state index is 0.119. The molecule has 1 aromatic rings. The van der Waals surface area contributed by atoms with Gasteiger partial charge in [0.15, 0.2) is 4.21 Å². The molecule has 3 rings (SSSR count). The van der Waals surface area contributed by atoms with Crippen LogP contribution >= 0.6 is 22.9 Å². The number of anilines is 1. The van der Waals surface area contributed by atoms with Crippen LogP contribution in [-0.2, 0) is 10.0 Å². The van der Waals surface area contributed by atoms with Crippen molar-refractivity contribution in [2.75, 3.05) is 5.01 Å². The van der Waals surface area contributed by atoms with Crippen LogP contribution in [0.4, 0.5) is 5.69 Å². The molecule has 0 aromatic carbocycles. The van der Waals surface area contributed by atoms with Crippen molar-refractivity contribution in [3.8, 4) is 0 Å². The second kappa shape index (κ2) is 4.19. The Morgan fingerprint density at radius 1 is 1.44 bits per heavy atom. The lowest BCUT2D eigenvalue weighted by atomic mass is 10.1. The molecule has 0 saturated heterocycles. The smallest absolute Gasteiger partial charge is 0.261 e. The number of fused-ring (bicyclic) bond motifs is 1. The van der Waals surface area contributed by atoms with Gasteiger partial charge in [0.25, 0.3) is 10.0 Å².